The average molecular weight is 558 g/mol. The van der Waals surface area contributed by atoms with Gasteiger partial charge in [-0.15, -0.1) is 0 Å². The highest BCUT2D eigenvalue weighted by Crippen LogP contribution is 2.61. The standard InChI is InChI=1S/C31H43NO8/c1-19(33)39-28-17-26-23-6-8-24-21(22(23)7-9-25(26)30(28)20-5-10-29(34)38-18-20)3-2-4-27(24)40-31(35)37-16-13-32-11-14-36-15-12-32/h5,10,18,21-28,30H,2-4,6-9,11-17H2,1H3. The van der Waals surface area contributed by atoms with E-state index in [1.54, 1.807) is 6.26 Å². The quantitative estimate of drug-likeness (QED) is 0.471. The van der Waals surface area contributed by atoms with E-state index < -0.39 is 6.16 Å². The summed E-state index contributed by atoms with van der Waals surface area (Å²) in [6, 6.07) is 3.32. The molecule has 220 valence electrons. The average Bonchev–Trinajstić information content (AvgIpc) is 3.31. The number of esters is 1. The molecule has 6 rings (SSSR count). The van der Waals surface area contributed by atoms with Crippen molar-refractivity contribution in [1.82, 2.24) is 4.90 Å². The second kappa shape index (κ2) is 12.2. The summed E-state index contributed by atoms with van der Waals surface area (Å²) < 4.78 is 27.9. The number of fused-ring (bicyclic) bond motifs is 5. The summed E-state index contributed by atoms with van der Waals surface area (Å²) in [5.41, 5.74) is 0.600. The largest absolute Gasteiger partial charge is 0.508 e. The predicted octanol–water partition coefficient (Wildman–Crippen LogP) is 4.38. The number of nitrogens with zero attached hydrogens (tertiary/aromatic N) is 1. The van der Waals surface area contributed by atoms with Gasteiger partial charge in [-0.1, -0.05) is 0 Å². The van der Waals surface area contributed by atoms with Crippen LogP contribution in [0.1, 0.15) is 69.8 Å². The topological polar surface area (TPSA) is 105 Å². The molecular weight excluding hydrogens is 514 g/mol. The molecule has 4 aliphatic carbocycles. The lowest BCUT2D eigenvalue weighted by Crippen LogP contribution is -2.48. The molecule has 1 aromatic rings. The van der Waals surface area contributed by atoms with Gasteiger partial charge in [0.15, 0.2) is 0 Å². The molecule has 0 N–H and O–H groups in total. The number of rotatable bonds is 6. The molecule has 4 saturated carbocycles. The Kier molecular flexibility index (Phi) is 8.49. The third-order valence-electron chi connectivity index (χ3n) is 10.7. The summed E-state index contributed by atoms with van der Waals surface area (Å²) in [5, 5.41) is 0. The zero-order chi connectivity index (χ0) is 27.6. The van der Waals surface area contributed by atoms with Crippen LogP contribution in [-0.2, 0) is 23.7 Å². The zero-order valence-electron chi connectivity index (χ0n) is 23.5. The predicted molar refractivity (Wildman–Crippen MR) is 145 cm³/mol. The van der Waals surface area contributed by atoms with E-state index in [0.717, 1.165) is 76.8 Å². The minimum atomic E-state index is -0.526. The molecule has 0 amide bonds. The van der Waals surface area contributed by atoms with Crippen LogP contribution in [0.4, 0.5) is 4.79 Å². The maximum Gasteiger partial charge on any atom is 0.508 e. The third-order valence-corrected chi connectivity index (χ3v) is 10.7. The summed E-state index contributed by atoms with van der Waals surface area (Å²) >= 11 is 0. The Hall–Kier alpha value is -2.39. The SMILES string of the molecule is CC(=O)OC1CC2C3CCC4C(OC(=O)OCCN5CCOCC5)CCCC4C3CCC2C1c1ccc(=O)oc1. The highest BCUT2D eigenvalue weighted by atomic mass is 16.7. The van der Waals surface area contributed by atoms with Crippen molar-refractivity contribution in [3.05, 3.63) is 34.4 Å². The highest BCUT2D eigenvalue weighted by Gasteiger charge is 2.56. The molecule has 9 nitrogen and oxygen atoms in total. The van der Waals surface area contributed by atoms with Gasteiger partial charge in [0.05, 0.1) is 19.5 Å². The van der Waals surface area contributed by atoms with Gasteiger partial charge in [0, 0.05) is 38.5 Å². The second-order valence-corrected chi connectivity index (χ2v) is 12.6. The van der Waals surface area contributed by atoms with Crippen molar-refractivity contribution in [3.8, 4) is 0 Å². The van der Waals surface area contributed by atoms with Crippen LogP contribution in [0.2, 0.25) is 0 Å². The fourth-order valence-corrected chi connectivity index (χ4v) is 9.21. The Morgan fingerprint density at radius 1 is 0.875 bits per heavy atom. The van der Waals surface area contributed by atoms with Crippen molar-refractivity contribution in [3.63, 3.8) is 0 Å². The fourth-order valence-electron chi connectivity index (χ4n) is 9.21. The van der Waals surface area contributed by atoms with Gasteiger partial charge in [0.1, 0.15) is 18.8 Å². The van der Waals surface area contributed by atoms with E-state index in [1.807, 2.05) is 6.07 Å². The Morgan fingerprint density at radius 2 is 1.60 bits per heavy atom. The van der Waals surface area contributed by atoms with E-state index in [-0.39, 0.29) is 29.7 Å². The molecule has 0 radical (unpaired) electrons. The van der Waals surface area contributed by atoms with Crippen LogP contribution in [0, 0.1) is 35.5 Å². The second-order valence-electron chi connectivity index (χ2n) is 12.6. The van der Waals surface area contributed by atoms with E-state index >= 15 is 0 Å². The molecule has 1 aliphatic heterocycles. The van der Waals surface area contributed by atoms with Gasteiger partial charge >= 0.3 is 17.8 Å². The number of morpholine rings is 1. The van der Waals surface area contributed by atoms with Crippen LogP contribution in [0.5, 0.6) is 0 Å². The first-order valence-corrected chi connectivity index (χ1v) is 15.4. The Balaban J connectivity index is 1.09. The first-order valence-electron chi connectivity index (χ1n) is 15.4. The fraction of sp³-hybridized carbons (Fsp3) is 0.774. The number of hydrogen-bond acceptors (Lipinski definition) is 9. The van der Waals surface area contributed by atoms with Crippen LogP contribution >= 0.6 is 0 Å². The molecule has 0 bridgehead atoms. The van der Waals surface area contributed by atoms with Gasteiger partial charge in [0.25, 0.3) is 0 Å². The minimum Gasteiger partial charge on any atom is -0.462 e. The van der Waals surface area contributed by atoms with E-state index in [4.69, 9.17) is 23.4 Å². The molecule has 1 aromatic heterocycles. The molecule has 40 heavy (non-hydrogen) atoms. The smallest absolute Gasteiger partial charge is 0.462 e. The van der Waals surface area contributed by atoms with Crippen molar-refractivity contribution >= 4 is 12.1 Å². The van der Waals surface area contributed by atoms with E-state index in [2.05, 4.69) is 4.90 Å². The van der Waals surface area contributed by atoms with Crippen LogP contribution in [-0.4, -0.2) is 68.7 Å². The molecule has 9 unspecified atom stereocenters. The maximum absolute atomic E-state index is 12.6. The van der Waals surface area contributed by atoms with Crippen LogP contribution < -0.4 is 5.63 Å². The summed E-state index contributed by atoms with van der Waals surface area (Å²) in [5.74, 6) is 2.83. The highest BCUT2D eigenvalue weighted by molar-refractivity contribution is 5.66. The molecule has 5 fully saturated rings. The van der Waals surface area contributed by atoms with Crippen LogP contribution in [0.3, 0.4) is 0 Å². The summed E-state index contributed by atoms with van der Waals surface area (Å²) in [6.45, 7) is 5.75. The number of hydrogen-bond donors (Lipinski definition) is 0. The van der Waals surface area contributed by atoms with Crippen molar-refractivity contribution in [2.24, 2.45) is 35.5 Å². The monoisotopic (exact) mass is 557 g/mol. The first kappa shape index (κ1) is 27.8. The number of ether oxygens (including phenoxy) is 4. The molecule has 0 aromatic carbocycles. The van der Waals surface area contributed by atoms with Crippen molar-refractivity contribution in [2.75, 3.05) is 39.5 Å². The lowest BCUT2D eigenvalue weighted by molar-refractivity contribution is -0.147. The van der Waals surface area contributed by atoms with E-state index in [1.165, 1.54) is 19.4 Å². The van der Waals surface area contributed by atoms with Gasteiger partial charge in [-0.05, 0) is 98.5 Å². The summed E-state index contributed by atoms with van der Waals surface area (Å²) in [6.07, 6.45) is 9.22. The minimum absolute atomic E-state index is 0.0617. The Bertz CT molecular complexity index is 1080. The molecule has 1 saturated heterocycles. The van der Waals surface area contributed by atoms with Crippen LogP contribution in [0.25, 0.3) is 0 Å². The van der Waals surface area contributed by atoms with Gasteiger partial charge in [0.2, 0.25) is 0 Å². The van der Waals surface area contributed by atoms with Crippen molar-refractivity contribution in [2.45, 2.75) is 76.4 Å². The number of carbonyl (C=O) groups is 2. The molecule has 9 heteroatoms. The van der Waals surface area contributed by atoms with E-state index in [9.17, 15) is 14.4 Å². The van der Waals surface area contributed by atoms with Gasteiger partial charge in [-0.25, -0.2) is 9.59 Å². The van der Waals surface area contributed by atoms with Gasteiger partial charge < -0.3 is 23.4 Å². The molecule has 2 heterocycles. The van der Waals surface area contributed by atoms with Crippen molar-refractivity contribution < 1.29 is 33.0 Å². The normalized spacial score (nSPS) is 37.5. The first-order chi connectivity index (χ1) is 19.5. The lowest BCUT2D eigenvalue weighted by atomic mass is 9.53. The summed E-state index contributed by atoms with van der Waals surface area (Å²) in [7, 11) is 0. The van der Waals surface area contributed by atoms with Crippen LogP contribution in [0.15, 0.2) is 27.6 Å². The van der Waals surface area contributed by atoms with E-state index in [0.29, 0.717) is 48.7 Å². The third kappa shape index (κ3) is 5.82. The Morgan fingerprint density at radius 3 is 2.35 bits per heavy atom. The molecule has 5 aliphatic rings. The summed E-state index contributed by atoms with van der Waals surface area (Å²) in [4.78, 5) is 38.5. The molecule has 0 spiro atoms. The lowest BCUT2D eigenvalue weighted by Gasteiger charge is -2.53. The van der Waals surface area contributed by atoms with Gasteiger partial charge in [-0.2, -0.15) is 0 Å². The zero-order valence-corrected chi connectivity index (χ0v) is 23.5. The maximum atomic E-state index is 12.6. The van der Waals surface area contributed by atoms with Crippen molar-refractivity contribution in [1.29, 1.82) is 0 Å². The number of carbonyl (C=O) groups excluding carboxylic acids is 2. The molecule has 9 atom stereocenters. The van der Waals surface area contributed by atoms with Gasteiger partial charge in [-0.3, -0.25) is 9.69 Å². The molecular formula is C31H43NO8. The Labute approximate surface area is 235 Å².